The van der Waals surface area contributed by atoms with Gasteiger partial charge in [0.15, 0.2) is 0 Å². The second-order valence-corrected chi connectivity index (χ2v) is 6.81. The number of rotatable bonds is 4. The summed E-state index contributed by atoms with van der Waals surface area (Å²) in [6.07, 6.45) is 0.863. The Hall–Kier alpha value is 0.120. The summed E-state index contributed by atoms with van der Waals surface area (Å²) < 4.78 is 27.5. The molecule has 0 radical (unpaired) electrons. The largest absolute Gasteiger partial charge is 0.330 e. The van der Waals surface area contributed by atoms with E-state index in [0.717, 1.165) is 6.42 Å². The molecule has 2 unspecified atom stereocenters. The third-order valence-corrected chi connectivity index (χ3v) is 5.58. The van der Waals surface area contributed by atoms with Crippen molar-refractivity contribution in [3.8, 4) is 0 Å². The molecular weight excluding hydrogens is 262 g/mol. The summed E-state index contributed by atoms with van der Waals surface area (Å²) >= 11 is 0. The highest BCUT2D eigenvalue weighted by Crippen LogP contribution is 2.26. The van der Waals surface area contributed by atoms with Crippen LogP contribution in [-0.4, -0.2) is 49.2 Å². The summed E-state index contributed by atoms with van der Waals surface area (Å²) in [6, 6.07) is 0.0360. The molecule has 5 nitrogen and oxygen atoms in total. The van der Waals surface area contributed by atoms with Crippen molar-refractivity contribution >= 4 is 22.6 Å². The smallest absolute Gasteiger partial charge is 0.282 e. The summed E-state index contributed by atoms with van der Waals surface area (Å²) in [5, 5.41) is 0. The highest BCUT2D eigenvalue weighted by Gasteiger charge is 2.39. The van der Waals surface area contributed by atoms with Crippen molar-refractivity contribution in [2.45, 2.75) is 39.3 Å². The average Bonchev–Trinajstić information content (AvgIpc) is 2.58. The fourth-order valence-electron chi connectivity index (χ4n) is 2.03. The van der Waals surface area contributed by atoms with Crippen LogP contribution in [0.15, 0.2) is 0 Å². The molecule has 0 saturated carbocycles. The Balaban J connectivity index is 0.00000256. The van der Waals surface area contributed by atoms with E-state index >= 15 is 0 Å². The third kappa shape index (κ3) is 3.54. The zero-order valence-electron chi connectivity index (χ0n) is 11.0. The molecule has 1 fully saturated rings. The van der Waals surface area contributed by atoms with E-state index in [1.807, 2.05) is 20.8 Å². The third-order valence-electron chi connectivity index (χ3n) is 3.33. The van der Waals surface area contributed by atoms with Crippen molar-refractivity contribution in [3.63, 3.8) is 0 Å². The van der Waals surface area contributed by atoms with Gasteiger partial charge in [0, 0.05) is 25.7 Å². The summed E-state index contributed by atoms with van der Waals surface area (Å²) in [6.45, 7) is 6.80. The summed E-state index contributed by atoms with van der Waals surface area (Å²) in [5.74, 6) is 0.297. The Morgan fingerprint density at radius 1 is 1.47 bits per heavy atom. The summed E-state index contributed by atoms with van der Waals surface area (Å²) in [4.78, 5) is 0. The normalized spacial score (nSPS) is 26.5. The highest BCUT2D eigenvalue weighted by molar-refractivity contribution is 7.86. The maximum absolute atomic E-state index is 12.3. The second kappa shape index (κ2) is 6.33. The number of nitrogens with zero attached hydrogens (tertiary/aromatic N) is 2. The number of hydrogen-bond donors (Lipinski definition) is 1. The van der Waals surface area contributed by atoms with E-state index < -0.39 is 10.2 Å². The van der Waals surface area contributed by atoms with Gasteiger partial charge in [-0.15, -0.1) is 12.4 Å². The number of nitrogens with two attached hydrogens (primary N) is 1. The average molecular weight is 286 g/mol. The molecule has 7 heteroatoms. The first-order valence-corrected chi connectivity index (χ1v) is 7.15. The van der Waals surface area contributed by atoms with Gasteiger partial charge in [0.25, 0.3) is 10.2 Å². The van der Waals surface area contributed by atoms with Crippen LogP contribution in [0.25, 0.3) is 0 Å². The molecule has 0 bridgehead atoms. The van der Waals surface area contributed by atoms with Crippen LogP contribution in [0.3, 0.4) is 0 Å². The lowest BCUT2D eigenvalue weighted by atomic mass is 10.1. The quantitative estimate of drug-likeness (QED) is 0.825. The molecule has 1 rings (SSSR count). The highest BCUT2D eigenvalue weighted by atomic mass is 35.5. The predicted octanol–water partition coefficient (Wildman–Crippen LogP) is 0.662. The van der Waals surface area contributed by atoms with Gasteiger partial charge in [-0.2, -0.15) is 17.0 Å². The van der Waals surface area contributed by atoms with E-state index in [2.05, 4.69) is 0 Å². The zero-order valence-corrected chi connectivity index (χ0v) is 12.6. The lowest BCUT2D eigenvalue weighted by molar-refractivity contribution is 0.329. The van der Waals surface area contributed by atoms with Crippen LogP contribution in [0.4, 0.5) is 0 Å². The van der Waals surface area contributed by atoms with Gasteiger partial charge >= 0.3 is 0 Å². The first-order chi connectivity index (χ1) is 7.30. The Morgan fingerprint density at radius 2 is 2.00 bits per heavy atom. The Bertz CT molecular complexity index is 334. The molecule has 0 aromatic heterocycles. The van der Waals surface area contributed by atoms with E-state index in [1.54, 1.807) is 11.4 Å². The molecule has 1 saturated heterocycles. The first-order valence-electron chi connectivity index (χ1n) is 5.75. The molecular formula is C10H24ClN3O2S. The summed E-state index contributed by atoms with van der Waals surface area (Å²) in [5.41, 5.74) is 5.60. The molecule has 104 valence electrons. The van der Waals surface area contributed by atoms with Crippen molar-refractivity contribution in [3.05, 3.63) is 0 Å². The van der Waals surface area contributed by atoms with E-state index in [1.165, 1.54) is 4.31 Å². The van der Waals surface area contributed by atoms with Gasteiger partial charge in [-0.1, -0.05) is 0 Å². The number of hydrogen-bond acceptors (Lipinski definition) is 3. The van der Waals surface area contributed by atoms with Gasteiger partial charge in [-0.3, -0.25) is 0 Å². The molecule has 0 aromatic carbocycles. The Labute approximate surface area is 111 Å². The Morgan fingerprint density at radius 3 is 2.35 bits per heavy atom. The molecule has 0 aliphatic carbocycles. The Kier molecular flexibility index (Phi) is 6.38. The van der Waals surface area contributed by atoms with Crippen molar-refractivity contribution in [2.24, 2.45) is 11.7 Å². The van der Waals surface area contributed by atoms with E-state index in [4.69, 9.17) is 5.73 Å². The number of halogens is 1. The fourth-order valence-corrected chi connectivity index (χ4v) is 3.84. The molecule has 0 amide bonds. The van der Waals surface area contributed by atoms with Crippen molar-refractivity contribution < 1.29 is 8.42 Å². The van der Waals surface area contributed by atoms with Crippen LogP contribution >= 0.6 is 12.4 Å². The first kappa shape index (κ1) is 17.1. The topological polar surface area (TPSA) is 66.6 Å². The van der Waals surface area contributed by atoms with Crippen LogP contribution in [0.1, 0.15) is 27.2 Å². The minimum atomic E-state index is -3.32. The van der Waals surface area contributed by atoms with Crippen LogP contribution in [0.2, 0.25) is 0 Å². The maximum Gasteiger partial charge on any atom is 0.282 e. The second-order valence-electron chi connectivity index (χ2n) is 4.87. The molecule has 2 N–H and O–H groups in total. The van der Waals surface area contributed by atoms with Crippen molar-refractivity contribution in [2.75, 3.05) is 20.1 Å². The van der Waals surface area contributed by atoms with Crippen LogP contribution in [-0.2, 0) is 10.2 Å². The SMILES string of the molecule is CC(C)N(C)S(=O)(=O)N1CC(CN)CC1C.Cl. The molecule has 2 atom stereocenters. The molecule has 17 heavy (non-hydrogen) atoms. The molecule has 0 aromatic rings. The van der Waals surface area contributed by atoms with Gasteiger partial charge in [0.2, 0.25) is 0 Å². The molecule has 0 spiro atoms. The van der Waals surface area contributed by atoms with Crippen molar-refractivity contribution in [1.29, 1.82) is 0 Å². The maximum atomic E-state index is 12.3. The van der Waals surface area contributed by atoms with Gasteiger partial charge in [-0.05, 0) is 39.7 Å². The van der Waals surface area contributed by atoms with E-state index in [-0.39, 0.29) is 24.5 Å². The van der Waals surface area contributed by atoms with E-state index in [9.17, 15) is 8.42 Å². The lowest BCUT2D eigenvalue weighted by Gasteiger charge is -2.29. The standard InChI is InChI=1S/C10H23N3O2S.ClH/c1-8(2)12(4)16(14,15)13-7-10(6-11)5-9(13)3;/h8-10H,5-7,11H2,1-4H3;1H. The minimum absolute atomic E-state index is 0. The fraction of sp³-hybridized carbons (Fsp3) is 1.00. The van der Waals surface area contributed by atoms with Crippen LogP contribution < -0.4 is 5.73 Å². The monoisotopic (exact) mass is 285 g/mol. The predicted molar refractivity (Wildman–Crippen MR) is 72.4 cm³/mol. The van der Waals surface area contributed by atoms with Gasteiger partial charge in [-0.25, -0.2) is 0 Å². The van der Waals surface area contributed by atoms with Gasteiger partial charge < -0.3 is 5.73 Å². The zero-order chi connectivity index (χ0) is 12.5. The van der Waals surface area contributed by atoms with Gasteiger partial charge in [0.1, 0.15) is 0 Å². The van der Waals surface area contributed by atoms with Gasteiger partial charge in [0.05, 0.1) is 0 Å². The van der Waals surface area contributed by atoms with Crippen LogP contribution in [0.5, 0.6) is 0 Å². The molecule has 1 heterocycles. The van der Waals surface area contributed by atoms with Crippen LogP contribution in [0, 0.1) is 5.92 Å². The van der Waals surface area contributed by atoms with E-state index in [0.29, 0.717) is 19.0 Å². The van der Waals surface area contributed by atoms with Crippen molar-refractivity contribution in [1.82, 2.24) is 8.61 Å². The minimum Gasteiger partial charge on any atom is -0.330 e. The molecule has 1 aliphatic rings. The molecule has 1 aliphatic heterocycles. The summed E-state index contributed by atoms with van der Waals surface area (Å²) in [7, 11) is -1.69. The lowest BCUT2D eigenvalue weighted by Crippen LogP contribution is -2.46.